The summed E-state index contributed by atoms with van der Waals surface area (Å²) in [5.74, 6) is 3.39. The lowest BCUT2D eigenvalue weighted by molar-refractivity contribution is -0.128. The fraction of sp³-hybridized carbons (Fsp3) is 0.706. The number of amides is 1. The summed E-state index contributed by atoms with van der Waals surface area (Å²) in [7, 11) is 0. The van der Waals surface area contributed by atoms with Gasteiger partial charge in [-0.05, 0) is 49.9 Å². The minimum atomic E-state index is 0.179. The molecule has 0 bridgehead atoms. The quantitative estimate of drug-likeness (QED) is 0.692. The van der Waals surface area contributed by atoms with Gasteiger partial charge in [-0.2, -0.15) is 0 Å². The molecule has 2 heteroatoms. The molecular weight excluding hydrogens is 234 g/mol. The SMILES string of the molecule is C=CCN(CC1CC1C1CC=C(C)CC1C)C(C)=O. The first-order valence-corrected chi connectivity index (χ1v) is 7.55. The normalized spacial score (nSPS) is 33.5. The summed E-state index contributed by atoms with van der Waals surface area (Å²) in [6.45, 7) is 11.7. The highest BCUT2D eigenvalue weighted by Gasteiger charge is 2.45. The van der Waals surface area contributed by atoms with Crippen molar-refractivity contribution in [2.75, 3.05) is 13.1 Å². The number of nitrogens with zero attached hydrogens (tertiary/aromatic N) is 1. The van der Waals surface area contributed by atoms with Crippen LogP contribution < -0.4 is 0 Å². The zero-order valence-electron chi connectivity index (χ0n) is 12.6. The Balaban J connectivity index is 1.87. The average molecular weight is 261 g/mol. The fourth-order valence-corrected chi connectivity index (χ4v) is 3.68. The Morgan fingerprint density at radius 1 is 1.53 bits per heavy atom. The lowest BCUT2D eigenvalue weighted by Crippen LogP contribution is -2.31. The lowest BCUT2D eigenvalue weighted by atomic mass is 9.78. The Morgan fingerprint density at radius 2 is 2.26 bits per heavy atom. The molecule has 0 heterocycles. The summed E-state index contributed by atoms with van der Waals surface area (Å²) in [6, 6.07) is 0. The van der Waals surface area contributed by atoms with E-state index in [0.717, 1.165) is 30.2 Å². The lowest BCUT2D eigenvalue weighted by Gasteiger charge is -2.29. The molecule has 1 amide bonds. The highest BCUT2D eigenvalue weighted by atomic mass is 16.2. The molecule has 0 radical (unpaired) electrons. The van der Waals surface area contributed by atoms with Crippen molar-refractivity contribution in [3.8, 4) is 0 Å². The molecule has 2 nitrogen and oxygen atoms in total. The minimum absolute atomic E-state index is 0.179. The molecule has 0 aromatic rings. The predicted molar refractivity (Wildman–Crippen MR) is 79.7 cm³/mol. The van der Waals surface area contributed by atoms with Crippen LogP contribution in [0.1, 0.15) is 40.0 Å². The van der Waals surface area contributed by atoms with Gasteiger partial charge in [-0.1, -0.05) is 24.6 Å². The van der Waals surface area contributed by atoms with E-state index >= 15 is 0 Å². The summed E-state index contributed by atoms with van der Waals surface area (Å²) < 4.78 is 0. The van der Waals surface area contributed by atoms with Crippen LogP contribution in [0.15, 0.2) is 24.3 Å². The third-order valence-electron chi connectivity index (χ3n) is 4.89. The molecule has 0 aromatic carbocycles. The Labute approximate surface area is 117 Å². The van der Waals surface area contributed by atoms with Gasteiger partial charge in [-0.25, -0.2) is 0 Å². The van der Waals surface area contributed by atoms with Gasteiger partial charge >= 0.3 is 0 Å². The average Bonchev–Trinajstić information content (AvgIpc) is 3.07. The van der Waals surface area contributed by atoms with Gasteiger partial charge in [-0.3, -0.25) is 4.79 Å². The van der Waals surface area contributed by atoms with Gasteiger partial charge in [0.05, 0.1) is 0 Å². The van der Waals surface area contributed by atoms with Crippen LogP contribution in [0.2, 0.25) is 0 Å². The first-order valence-electron chi connectivity index (χ1n) is 7.55. The van der Waals surface area contributed by atoms with E-state index < -0.39 is 0 Å². The van der Waals surface area contributed by atoms with E-state index in [1.54, 1.807) is 12.5 Å². The number of rotatable bonds is 5. The molecule has 1 fully saturated rings. The molecule has 0 aromatic heterocycles. The van der Waals surface area contributed by atoms with Crippen molar-refractivity contribution < 1.29 is 4.79 Å². The number of allylic oxidation sites excluding steroid dienone is 2. The molecule has 2 rings (SSSR count). The molecule has 0 aliphatic heterocycles. The van der Waals surface area contributed by atoms with Gasteiger partial charge in [0.2, 0.25) is 5.91 Å². The minimum Gasteiger partial charge on any atom is -0.339 e. The number of carbonyl (C=O) groups excluding carboxylic acids is 1. The van der Waals surface area contributed by atoms with Crippen LogP contribution in [0.25, 0.3) is 0 Å². The van der Waals surface area contributed by atoms with Crippen molar-refractivity contribution in [2.24, 2.45) is 23.7 Å². The molecule has 4 atom stereocenters. The topological polar surface area (TPSA) is 20.3 Å². The van der Waals surface area contributed by atoms with Crippen LogP contribution in [0.5, 0.6) is 0 Å². The van der Waals surface area contributed by atoms with Crippen LogP contribution in [-0.4, -0.2) is 23.9 Å². The van der Waals surface area contributed by atoms with Crippen molar-refractivity contribution in [1.29, 1.82) is 0 Å². The summed E-state index contributed by atoms with van der Waals surface area (Å²) in [5, 5.41) is 0. The molecule has 19 heavy (non-hydrogen) atoms. The van der Waals surface area contributed by atoms with E-state index in [4.69, 9.17) is 0 Å². The van der Waals surface area contributed by atoms with E-state index in [1.807, 2.05) is 11.0 Å². The zero-order valence-corrected chi connectivity index (χ0v) is 12.6. The molecular formula is C17H27NO. The van der Waals surface area contributed by atoms with E-state index in [-0.39, 0.29) is 5.91 Å². The van der Waals surface area contributed by atoms with Crippen molar-refractivity contribution in [1.82, 2.24) is 4.90 Å². The number of hydrogen-bond acceptors (Lipinski definition) is 1. The van der Waals surface area contributed by atoms with Crippen molar-refractivity contribution in [3.63, 3.8) is 0 Å². The van der Waals surface area contributed by atoms with Gasteiger partial charge in [0.25, 0.3) is 0 Å². The Bertz CT molecular complexity index is 385. The summed E-state index contributed by atoms with van der Waals surface area (Å²) >= 11 is 0. The third kappa shape index (κ3) is 3.49. The van der Waals surface area contributed by atoms with Crippen LogP contribution in [-0.2, 0) is 4.79 Å². The molecule has 4 unspecified atom stereocenters. The second kappa shape index (κ2) is 5.94. The van der Waals surface area contributed by atoms with Gasteiger partial charge in [0, 0.05) is 20.0 Å². The highest BCUT2D eigenvalue weighted by Crippen LogP contribution is 2.51. The second-order valence-electron chi connectivity index (χ2n) is 6.50. The monoisotopic (exact) mass is 261 g/mol. The maximum Gasteiger partial charge on any atom is 0.219 e. The molecule has 0 spiro atoms. The summed E-state index contributed by atoms with van der Waals surface area (Å²) in [6.07, 6.45) is 8.07. The molecule has 1 saturated carbocycles. The van der Waals surface area contributed by atoms with Gasteiger partial charge in [0.15, 0.2) is 0 Å². The van der Waals surface area contributed by atoms with Gasteiger partial charge < -0.3 is 4.90 Å². The molecule has 2 aliphatic carbocycles. The molecule has 0 saturated heterocycles. The second-order valence-corrected chi connectivity index (χ2v) is 6.50. The first kappa shape index (κ1) is 14.4. The number of hydrogen-bond donors (Lipinski definition) is 0. The van der Waals surface area contributed by atoms with E-state index in [1.165, 1.54) is 19.3 Å². The Hall–Kier alpha value is -1.05. The van der Waals surface area contributed by atoms with Crippen molar-refractivity contribution in [3.05, 3.63) is 24.3 Å². The van der Waals surface area contributed by atoms with E-state index in [0.29, 0.717) is 6.54 Å². The summed E-state index contributed by atoms with van der Waals surface area (Å²) in [5.41, 5.74) is 1.55. The predicted octanol–water partition coefficient (Wildman–Crippen LogP) is 3.65. The van der Waals surface area contributed by atoms with Crippen molar-refractivity contribution in [2.45, 2.75) is 40.0 Å². The van der Waals surface area contributed by atoms with Crippen LogP contribution >= 0.6 is 0 Å². The molecule has 2 aliphatic rings. The van der Waals surface area contributed by atoms with E-state index in [9.17, 15) is 4.79 Å². The maximum absolute atomic E-state index is 11.6. The van der Waals surface area contributed by atoms with Gasteiger partial charge in [-0.15, -0.1) is 6.58 Å². The standard InChI is InChI=1S/C17H27NO/c1-5-8-18(14(4)19)11-15-10-17(15)16-7-6-12(2)9-13(16)3/h5-6,13,15-17H,1,7-11H2,2-4H3. The Kier molecular flexibility index (Phi) is 4.49. The van der Waals surface area contributed by atoms with Crippen LogP contribution in [0, 0.1) is 23.7 Å². The van der Waals surface area contributed by atoms with Crippen molar-refractivity contribution >= 4 is 5.91 Å². The number of carbonyl (C=O) groups is 1. The molecule has 106 valence electrons. The van der Waals surface area contributed by atoms with E-state index in [2.05, 4.69) is 26.5 Å². The zero-order chi connectivity index (χ0) is 14.0. The highest BCUT2D eigenvalue weighted by molar-refractivity contribution is 5.73. The third-order valence-corrected chi connectivity index (χ3v) is 4.89. The first-order chi connectivity index (χ1) is 9.02. The smallest absolute Gasteiger partial charge is 0.219 e. The fourth-order valence-electron chi connectivity index (χ4n) is 3.68. The molecule has 0 N–H and O–H groups in total. The van der Waals surface area contributed by atoms with Crippen LogP contribution in [0.3, 0.4) is 0 Å². The van der Waals surface area contributed by atoms with Crippen LogP contribution in [0.4, 0.5) is 0 Å². The van der Waals surface area contributed by atoms with Gasteiger partial charge in [0.1, 0.15) is 0 Å². The largest absolute Gasteiger partial charge is 0.339 e. The summed E-state index contributed by atoms with van der Waals surface area (Å²) in [4.78, 5) is 13.5. The maximum atomic E-state index is 11.6. The Morgan fingerprint density at radius 3 is 2.84 bits per heavy atom.